The van der Waals surface area contributed by atoms with Gasteiger partial charge in [-0.1, -0.05) is 50.2 Å². The summed E-state index contributed by atoms with van der Waals surface area (Å²) >= 11 is 0. The number of carbonyl (C=O) groups is 2. The summed E-state index contributed by atoms with van der Waals surface area (Å²) in [4.78, 5) is 28.5. The first-order valence-electron chi connectivity index (χ1n) is 9.69. The second-order valence-electron chi connectivity index (χ2n) is 7.29. The lowest BCUT2D eigenvalue weighted by Crippen LogP contribution is -2.25. The Balaban J connectivity index is 1.90. The summed E-state index contributed by atoms with van der Waals surface area (Å²) in [6.45, 7) is 4.42. The van der Waals surface area contributed by atoms with Gasteiger partial charge in [0.05, 0.1) is 12.1 Å². The molecule has 30 heavy (non-hydrogen) atoms. The fourth-order valence-corrected chi connectivity index (χ4v) is 3.35. The molecule has 0 fully saturated rings. The molecule has 2 aromatic carbocycles. The van der Waals surface area contributed by atoms with Gasteiger partial charge in [0.25, 0.3) is 5.91 Å². The van der Waals surface area contributed by atoms with E-state index < -0.39 is 17.5 Å². The molecule has 3 rings (SSSR count). The van der Waals surface area contributed by atoms with Crippen LogP contribution in [0.15, 0.2) is 48.5 Å². The third-order valence-corrected chi connectivity index (χ3v) is 4.73. The Kier molecular flexibility index (Phi) is 6.72. The lowest BCUT2D eigenvalue weighted by molar-refractivity contribution is -0.107. The lowest BCUT2D eigenvalue weighted by atomic mass is 10.1. The molecular formula is C23H23F2N3O2. The molecule has 0 spiro atoms. The van der Waals surface area contributed by atoms with Crippen molar-refractivity contribution in [2.45, 2.75) is 39.3 Å². The maximum absolute atomic E-state index is 13.4. The van der Waals surface area contributed by atoms with Crippen LogP contribution < -0.4 is 5.32 Å². The topological polar surface area (TPSA) is 64.0 Å². The van der Waals surface area contributed by atoms with Gasteiger partial charge in [-0.15, -0.1) is 0 Å². The highest BCUT2D eigenvalue weighted by Crippen LogP contribution is 2.23. The van der Waals surface area contributed by atoms with Crippen molar-refractivity contribution in [3.63, 3.8) is 0 Å². The molecule has 1 amide bonds. The van der Waals surface area contributed by atoms with Crippen molar-refractivity contribution < 1.29 is 18.4 Å². The summed E-state index contributed by atoms with van der Waals surface area (Å²) in [5.74, 6) is -1.85. The van der Waals surface area contributed by atoms with E-state index in [1.165, 1.54) is 6.07 Å². The number of imidazole rings is 1. The number of rotatable bonds is 8. The van der Waals surface area contributed by atoms with Crippen molar-refractivity contribution in [2.75, 3.05) is 0 Å². The lowest BCUT2D eigenvalue weighted by Gasteiger charge is -2.15. The monoisotopic (exact) mass is 411 g/mol. The normalized spacial score (nSPS) is 11.0. The van der Waals surface area contributed by atoms with Crippen LogP contribution >= 0.6 is 0 Å². The number of hydrogen-bond acceptors (Lipinski definition) is 3. The van der Waals surface area contributed by atoms with Crippen molar-refractivity contribution in [1.82, 2.24) is 14.9 Å². The molecule has 0 aliphatic heterocycles. The fraction of sp³-hybridized carbons (Fsp3) is 0.261. The van der Waals surface area contributed by atoms with Gasteiger partial charge in [0.15, 0.2) is 11.6 Å². The van der Waals surface area contributed by atoms with Crippen LogP contribution in [0.25, 0.3) is 0 Å². The third kappa shape index (κ3) is 4.79. The SMILES string of the molecule is CC(C)c1c(C(=O)NCc2ccc(F)c(F)c2)nc(CC=O)n1Cc1ccccc1. The van der Waals surface area contributed by atoms with Crippen LogP contribution in [0.4, 0.5) is 8.78 Å². The van der Waals surface area contributed by atoms with E-state index in [0.29, 0.717) is 17.9 Å². The molecular weight excluding hydrogens is 388 g/mol. The number of aromatic nitrogens is 2. The van der Waals surface area contributed by atoms with Gasteiger partial charge in [-0.2, -0.15) is 0 Å². The second kappa shape index (κ2) is 9.43. The summed E-state index contributed by atoms with van der Waals surface area (Å²) < 4.78 is 28.4. The molecule has 0 aliphatic rings. The Hall–Kier alpha value is -3.35. The minimum absolute atomic E-state index is 0.0226. The highest BCUT2D eigenvalue weighted by Gasteiger charge is 2.24. The van der Waals surface area contributed by atoms with Gasteiger partial charge in [-0.3, -0.25) is 4.79 Å². The maximum Gasteiger partial charge on any atom is 0.272 e. The Morgan fingerprint density at radius 3 is 2.47 bits per heavy atom. The zero-order valence-electron chi connectivity index (χ0n) is 16.9. The third-order valence-electron chi connectivity index (χ3n) is 4.73. The molecule has 0 saturated heterocycles. The van der Waals surface area contributed by atoms with Gasteiger partial charge in [0, 0.05) is 13.1 Å². The van der Waals surface area contributed by atoms with Gasteiger partial charge < -0.3 is 14.7 Å². The van der Waals surface area contributed by atoms with Crippen LogP contribution in [-0.4, -0.2) is 21.7 Å². The molecule has 0 bridgehead atoms. The minimum atomic E-state index is -0.968. The van der Waals surface area contributed by atoms with Crippen molar-refractivity contribution in [2.24, 2.45) is 0 Å². The van der Waals surface area contributed by atoms with Gasteiger partial charge >= 0.3 is 0 Å². The number of carbonyl (C=O) groups excluding carboxylic acids is 2. The molecule has 1 heterocycles. The van der Waals surface area contributed by atoms with Crippen LogP contribution in [0.2, 0.25) is 0 Å². The van der Waals surface area contributed by atoms with Crippen LogP contribution in [0, 0.1) is 11.6 Å². The van der Waals surface area contributed by atoms with Crippen molar-refractivity contribution in [1.29, 1.82) is 0 Å². The zero-order chi connectivity index (χ0) is 21.7. The average molecular weight is 411 g/mol. The Morgan fingerprint density at radius 2 is 1.83 bits per heavy atom. The van der Waals surface area contributed by atoms with Crippen LogP contribution in [0.1, 0.15) is 52.9 Å². The first-order chi connectivity index (χ1) is 14.4. The standard InChI is InChI=1S/C23H23F2N3O2/c1-15(2)22-21(23(30)26-13-17-8-9-18(24)19(25)12-17)27-20(10-11-29)28(22)14-16-6-4-3-5-7-16/h3-9,11-12,15H,10,13-14H2,1-2H3,(H,26,30). The van der Waals surface area contributed by atoms with E-state index in [1.54, 1.807) is 0 Å². The first-order valence-corrected chi connectivity index (χ1v) is 9.69. The van der Waals surface area contributed by atoms with Gasteiger partial charge in [-0.25, -0.2) is 13.8 Å². The molecule has 0 atom stereocenters. The molecule has 3 aromatic rings. The number of benzene rings is 2. The highest BCUT2D eigenvalue weighted by molar-refractivity contribution is 5.93. The summed E-state index contributed by atoms with van der Waals surface area (Å²) in [5.41, 5.74) is 2.42. The van der Waals surface area contributed by atoms with E-state index in [1.807, 2.05) is 48.7 Å². The summed E-state index contributed by atoms with van der Waals surface area (Å²) in [5, 5.41) is 2.71. The van der Waals surface area contributed by atoms with Gasteiger partial charge in [0.2, 0.25) is 0 Å². The number of nitrogens with zero attached hydrogens (tertiary/aromatic N) is 2. The highest BCUT2D eigenvalue weighted by atomic mass is 19.2. The fourth-order valence-electron chi connectivity index (χ4n) is 3.35. The van der Waals surface area contributed by atoms with Crippen molar-refractivity contribution >= 4 is 12.2 Å². The summed E-state index contributed by atoms with van der Waals surface area (Å²) in [6, 6.07) is 13.2. The predicted octanol–water partition coefficient (Wildman–Crippen LogP) is 4.00. The molecule has 1 aromatic heterocycles. The number of halogens is 2. The second-order valence-corrected chi connectivity index (χ2v) is 7.29. The minimum Gasteiger partial charge on any atom is -0.347 e. The predicted molar refractivity (Wildman–Crippen MR) is 109 cm³/mol. The molecule has 0 aliphatic carbocycles. The maximum atomic E-state index is 13.4. The van der Waals surface area contributed by atoms with E-state index in [2.05, 4.69) is 10.3 Å². The van der Waals surface area contributed by atoms with E-state index in [0.717, 1.165) is 29.7 Å². The summed E-state index contributed by atoms with van der Waals surface area (Å²) in [6.07, 6.45) is 0.847. The van der Waals surface area contributed by atoms with Crippen LogP contribution in [0.3, 0.4) is 0 Å². The molecule has 1 N–H and O–H groups in total. The van der Waals surface area contributed by atoms with E-state index in [-0.39, 0.29) is 24.6 Å². The number of nitrogens with one attached hydrogen (secondary N) is 1. The molecule has 0 radical (unpaired) electrons. The molecule has 156 valence electrons. The number of aldehydes is 1. The van der Waals surface area contributed by atoms with E-state index in [4.69, 9.17) is 0 Å². The van der Waals surface area contributed by atoms with E-state index >= 15 is 0 Å². The first kappa shape index (κ1) is 21.4. The van der Waals surface area contributed by atoms with Crippen molar-refractivity contribution in [3.8, 4) is 0 Å². The smallest absolute Gasteiger partial charge is 0.272 e. The molecule has 7 heteroatoms. The van der Waals surface area contributed by atoms with Crippen LogP contribution in [-0.2, 0) is 24.3 Å². The molecule has 5 nitrogen and oxygen atoms in total. The zero-order valence-corrected chi connectivity index (χ0v) is 16.9. The van der Waals surface area contributed by atoms with Gasteiger partial charge in [0.1, 0.15) is 17.8 Å². The van der Waals surface area contributed by atoms with E-state index in [9.17, 15) is 18.4 Å². The number of amides is 1. The van der Waals surface area contributed by atoms with Crippen LogP contribution in [0.5, 0.6) is 0 Å². The Morgan fingerprint density at radius 1 is 1.10 bits per heavy atom. The summed E-state index contributed by atoms with van der Waals surface area (Å²) in [7, 11) is 0. The van der Waals surface area contributed by atoms with Gasteiger partial charge in [-0.05, 0) is 29.2 Å². The van der Waals surface area contributed by atoms with Crippen molar-refractivity contribution in [3.05, 3.63) is 88.5 Å². The quantitative estimate of drug-likeness (QED) is 0.570. The Labute approximate surface area is 173 Å². The molecule has 0 unspecified atom stereocenters. The molecule has 0 saturated carbocycles. The Bertz CT molecular complexity index is 1050. The average Bonchev–Trinajstić information content (AvgIpc) is 3.08. The largest absolute Gasteiger partial charge is 0.347 e. The number of hydrogen-bond donors (Lipinski definition) is 1.